The van der Waals surface area contributed by atoms with Crippen molar-refractivity contribution in [1.82, 2.24) is 5.32 Å². The van der Waals surface area contributed by atoms with E-state index in [1.165, 1.54) is 19.3 Å². The number of benzene rings is 1. The van der Waals surface area contributed by atoms with Crippen molar-refractivity contribution in [3.05, 3.63) is 24.3 Å². The molecule has 1 atom stereocenters. The van der Waals surface area contributed by atoms with Crippen molar-refractivity contribution in [2.75, 3.05) is 29.9 Å². The van der Waals surface area contributed by atoms with Crippen LogP contribution in [0.4, 0.5) is 16.2 Å². The lowest BCUT2D eigenvalue weighted by Crippen LogP contribution is -2.52. The smallest absolute Gasteiger partial charge is 0.319 e. The number of piperidine rings is 1. The highest BCUT2D eigenvalue weighted by Crippen LogP contribution is 2.39. The third-order valence-corrected chi connectivity index (χ3v) is 5.05. The summed E-state index contributed by atoms with van der Waals surface area (Å²) in [5.74, 6) is 0.385. The fourth-order valence-corrected chi connectivity index (χ4v) is 3.39. The van der Waals surface area contributed by atoms with Crippen molar-refractivity contribution < 1.29 is 9.90 Å². The first-order chi connectivity index (χ1) is 11.1. The number of carbonyl (C=O) groups excluding carboxylic acids is 1. The second-order valence-corrected chi connectivity index (χ2v) is 6.99. The van der Waals surface area contributed by atoms with E-state index in [1.54, 1.807) is 0 Å². The van der Waals surface area contributed by atoms with E-state index in [9.17, 15) is 9.90 Å². The Morgan fingerprint density at radius 1 is 1.26 bits per heavy atom. The highest BCUT2D eigenvalue weighted by Gasteiger charge is 2.42. The molecule has 1 unspecified atom stereocenters. The summed E-state index contributed by atoms with van der Waals surface area (Å²) in [7, 11) is 0. The molecule has 1 saturated heterocycles. The number of amides is 2. The SMILES string of the molecule is CC(CO)(NC(=O)Nc1ccccc1N1CCCCC1)C1CC1. The molecule has 0 bridgehead atoms. The van der Waals surface area contributed by atoms with Crippen LogP contribution in [-0.4, -0.2) is 36.4 Å². The minimum absolute atomic E-state index is 0.0289. The predicted octanol–water partition coefficient (Wildman–Crippen LogP) is 2.96. The highest BCUT2D eigenvalue weighted by atomic mass is 16.3. The van der Waals surface area contributed by atoms with Crippen molar-refractivity contribution in [1.29, 1.82) is 0 Å². The first-order valence-electron chi connectivity index (χ1n) is 8.66. The summed E-state index contributed by atoms with van der Waals surface area (Å²) in [5.41, 5.74) is 1.40. The summed E-state index contributed by atoms with van der Waals surface area (Å²) in [6.45, 7) is 3.97. The minimum Gasteiger partial charge on any atom is -0.394 e. The number of para-hydroxylation sites is 2. The van der Waals surface area contributed by atoms with Crippen molar-refractivity contribution in [3.8, 4) is 0 Å². The number of carbonyl (C=O) groups is 1. The lowest BCUT2D eigenvalue weighted by atomic mass is 9.97. The van der Waals surface area contributed by atoms with Gasteiger partial charge in [0.15, 0.2) is 0 Å². The Morgan fingerprint density at radius 2 is 1.96 bits per heavy atom. The zero-order valence-corrected chi connectivity index (χ0v) is 13.8. The number of nitrogens with one attached hydrogen (secondary N) is 2. The summed E-state index contributed by atoms with van der Waals surface area (Å²) in [4.78, 5) is 14.7. The minimum atomic E-state index is -0.524. The first kappa shape index (κ1) is 16.1. The largest absolute Gasteiger partial charge is 0.394 e. The number of urea groups is 1. The maximum absolute atomic E-state index is 12.4. The molecule has 1 aliphatic heterocycles. The molecule has 126 valence electrons. The maximum Gasteiger partial charge on any atom is 0.319 e. The van der Waals surface area contributed by atoms with E-state index in [2.05, 4.69) is 21.6 Å². The number of aliphatic hydroxyl groups excluding tert-OH is 1. The van der Waals surface area contributed by atoms with Crippen LogP contribution in [0.5, 0.6) is 0 Å². The zero-order valence-electron chi connectivity index (χ0n) is 13.8. The van der Waals surface area contributed by atoms with Gasteiger partial charge in [0.1, 0.15) is 0 Å². The van der Waals surface area contributed by atoms with Gasteiger partial charge in [0.2, 0.25) is 0 Å². The van der Waals surface area contributed by atoms with Gasteiger partial charge in [0, 0.05) is 13.1 Å². The highest BCUT2D eigenvalue weighted by molar-refractivity contribution is 5.93. The Bertz CT molecular complexity index is 553. The maximum atomic E-state index is 12.4. The van der Waals surface area contributed by atoms with Gasteiger partial charge < -0.3 is 20.6 Å². The van der Waals surface area contributed by atoms with Crippen molar-refractivity contribution in [3.63, 3.8) is 0 Å². The molecule has 1 heterocycles. The summed E-state index contributed by atoms with van der Waals surface area (Å²) in [5, 5.41) is 15.6. The molecule has 2 amide bonds. The van der Waals surface area contributed by atoms with Crippen molar-refractivity contribution in [2.24, 2.45) is 5.92 Å². The van der Waals surface area contributed by atoms with Crippen LogP contribution >= 0.6 is 0 Å². The average molecular weight is 317 g/mol. The van der Waals surface area contributed by atoms with Gasteiger partial charge in [-0.15, -0.1) is 0 Å². The normalized spacial score (nSPS) is 20.7. The van der Waals surface area contributed by atoms with Gasteiger partial charge in [-0.3, -0.25) is 0 Å². The predicted molar refractivity (Wildman–Crippen MR) is 92.9 cm³/mol. The number of aliphatic hydroxyl groups is 1. The van der Waals surface area contributed by atoms with Gasteiger partial charge in [-0.25, -0.2) is 4.79 Å². The summed E-state index contributed by atoms with van der Waals surface area (Å²) < 4.78 is 0. The van der Waals surface area contributed by atoms with Crippen LogP contribution in [0.15, 0.2) is 24.3 Å². The zero-order chi connectivity index (χ0) is 16.3. The number of hydrogen-bond donors (Lipinski definition) is 3. The number of rotatable bonds is 5. The van der Waals surface area contributed by atoms with E-state index in [-0.39, 0.29) is 12.6 Å². The molecule has 1 aromatic carbocycles. The molecule has 3 N–H and O–H groups in total. The Kier molecular flexibility index (Phi) is 4.76. The van der Waals surface area contributed by atoms with E-state index < -0.39 is 5.54 Å². The third kappa shape index (κ3) is 3.78. The summed E-state index contributed by atoms with van der Waals surface area (Å²) >= 11 is 0. The topological polar surface area (TPSA) is 64.6 Å². The molecule has 0 radical (unpaired) electrons. The van der Waals surface area contributed by atoms with E-state index in [1.807, 2.05) is 25.1 Å². The van der Waals surface area contributed by atoms with E-state index in [0.717, 1.165) is 37.3 Å². The second-order valence-electron chi connectivity index (χ2n) is 6.99. The molecule has 23 heavy (non-hydrogen) atoms. The van der Waals surface area contributed by atoms with Crippen LogP contribution in [0.25, 0.3) is 0 Å². The van der Waals surface area contributed by atoms with Crippen LogP contribution in [0.1, 0.15) is 39.0 Å². The molecule has 2 aliphatic rings. The fourth-order valence-electron chi connectivity index (χ4n) is 3.39. The lowest BCUT2D eigenvalue weighted by Gasteiger charge is -2.32. The molecular formula is C18H27N3O2. The Labute approximate surface area is 138 Å². The molecule has 2 fully saturated rings. The second kappa shape index (κ2) is 6.79. The van der Waals surface area contributed by atoms with Crippen LogP contribution < -0.4 is 15.5 Å². The van der Waals surface area contributed by atoms with Gasteiger partial charge >= 0.3 is 6.03 Å². The quantitative estimate of drug-likeness (QED) is 0.782. The number of nitrogens with zero attached hydrogens (tertiary/aromatic N) is 1. The molecule has 0 aromatic heterocycles. The van der Waals surface area contributed by atoms with E-state index in [4.69, 9.17) is 0 Å². The summed E-state index contributed by atoms with van der Waals surface area (Å²) in [6, 6.07) is 7.71. The first-order valence-corrected chi connectivity index (χ1v) is 8.66. The van der Waals surface area contributed by atoms with Gasteiger partial charge in [0.05, 0.1) is 23.5 Å². The van der Waals surface area contributed by atoms with Crippen LogP contribution in [0.3, 0.4) is 0 Å². The molecule has 5 nitrogen and oxygen atoms in total. The molecule has 5 heteroatoms. The Hall–Kier alpha value is -1.75. The summed E-state index contributed by atoms with van der Waals surface area (Å²) in [6.07, 6.45) is 5.82. The lowest BCUT2D eigenvalue weighted by molar-refractivity contribution is 0.159. The van der Waals surface area contributed by atoms with Gasteiger partial charge in [-0.1, -0.05) is 12.1 Å². The third-order valence-electron chi connectivity index (χ3n) is 5.05. The van der Waals surface area contributed by atoms with Crippen molar-refractivity contribution in [2.45, 2.75) is 44.6 Å². The molecule has 3 rings (SSSR count). The number of anilines is 2. The van der Waals surface area contributed by atoms with Crippen LogP contribution in [0, 0.1) is 5.92 Å². The standard InChI is InChI=1S/C18H27N3O2/c1-18(13-22,14-9-10-14)20-17(23)19-15-7-3-4-8-16(15)21-11-5-2-6-12-21/h3-4,7-8,14,22H,2,5-6,9-13H2,1H3,(H2,19,20,23). The van der Waals surface area contributed by atoms with Crippen LogP contribution in [0.2, 0.25) is 0 Å². The van der Waals surface area contributed by atoms with E-state index >= 15 is 0 Å². The molecule has 1 aliphatic carbocycles. The Balaban J connectivity index is 1.68. The average Bonchev–Trinajstić information content (AvgIpc) is 3.41. The van der Waals surface area contributed by atoms with Crippen LogP contribution in [-0.2, 0) is 0 Å². The van der Waals surface area contributed by atoms with E-state index in [0.29, 0.717) is 5.92 Å². The Morgan fingerprint density at radius 3 is 2.61 bits per heavy atom. The van der Waals surface area contributed by atoms with Crippen molar-refractivity contribution >= 4 is 17.4 Å². The molecule has 0 spiro atoms. The fraction of sp³-hybridized carbons (Fsp3) is 0.611. The molecular weight excluding hydrogens is 290 g/mol. The molecule has 1 saturated carbocycles. The monoisotopic (exact) mass is 317 g/mol. The van der Waals surface area contributed by atoms with Gasteiger partial charge in [-0.2, -0.15) is 0 Å². The molecule has 1 aromatic rings. The number of hydrogen-bond acceptors (Lipinski definition) is 3. The van der Waals surface area contributed by atoms with Gasteiger partial charge in [-0.05, 0) is 57.1 Å². The van der Waals surface area contributed by atoms with Gasteiger partial charge in [0.25, 0.3) is 0 Å².